The maximum Gasteiger partial charge on any atom is 0.263 e. The Morgan fingerprint density at radius 3 is 2.29 bits per heavy atom. The summed E-state index contributed by atoms with van der Waals surface area (Å²) in [7, 11) is -3.81. The molecule has 1 aromatic heterocycles. The minimum Gasteiger partial charge on any atom is -0.322 e. The Bertz CT molecular complexity index is 1100. The maximum absolute atomic E-state index is 12.4. The fourth-order valence-electron chi connectivity index (χ4n) is 2.22. The van der Waals surface area contributed by atoms with Gasteiger partial charge in [0.25, 0.3) is 15.9 Å². The molecule has 0 aliphatic heterocycles. The van der Waals surface area contributed by atoms with Crippen LogP contribution in [-0.2, 0) is 16.4 Å². The third-order valence-electron chi connectivity index (χ3n) is 3.54. The second kappa shape index (κ2) is 8.44. The number of nitrogens with one attached hydrogen (secondary N) is 2. The topological polar surface area (TPSA) is 101 Å². The molecule has 7 nitrogen and oxygen atoms in total. The number of rotatable bonds is 6. The fraction of sp³-hybridized carbons (Fsp3) is 0.118. The number of hydrogen-bond donors (Lipinski definition) is 2. The number of amides is 1. The van der Waals surface area contributed by atoms with E-state index in [1.54, 1.807) is 0 Å². The lowest BCUT2D eigenvalue weighted by molar-refractivity contribution is 0.102. The third-order valence-corrected chi connectivity index (χ3v) is 6.44. The number of anilines is 2. The van der Waals surface area contributed by atoms with Crippen LogP contribution in [0.3, 0.4) is 0 Å². The average Bonchev–Trinajstić information content (AvgIpc) is 3.08. The molecule has 1 heterocycles. The zero-order valence-electron chi connectivity index (χ0n) is 14.4. The van der Waals surface area contributed by atoms with Crippen LogP contribution in [0.25, 0.3) is 0 Å². The molecule has 0 spiro atoms. The van der Waals surface area contributed by atoms with Crippen LogP contribution in [0.4, 0.5) is 10.8 Å². The van der Waals surface area contributed by atoms with Gasteiger partial charge in [0, 0.05) is 21.3 Å². The average molecular weight is 457 g/mol. The first kappa shape index (κ1) is 20.5. The zero-order valence-corrected chi connectivity index (χ0v) is 17.6. The molecular formula is C17H14Cl2N4O3S2. The van der Waals surface area contributed by atoms with Crippen molar-refractivity contribution in [2.24, 2.45) is 0 Å². The maximum atomic E-state index is 12.4. The highest BCUT2D eigenvalue weighted by molar-refractivity contribution is 7.93. The quantitative estimate of drug-likeness (QED) is 0.569. The van der Waals surface area contributed by atoms with Crippen molar-refractivity contribution in [2.75, 3.05) is 10.0 Å². The summed E-state index contributed by atoms with van der Waals surface area (Å²) >= 11 is 13.0. The van der Waals surface area contributed by atoms with Gasteiger partial charge in [-0.05, 0) is 48.9 Å². The molecule has 11 heteroatoms. The second-order valence-electron chi connectivity index (χ2n) is 5.60. The number of carbonyl (C=O) groups is 1. The Kier molecular flexibility index (Phi) is 6.19. The molecule has 0 aliphatic rings. The Labute approximate surface area is 175 Å². The number of sulfonamides is 1. The number of halogens is 2. The summed E-state index contributed by atoms with van der Waals surface area (Å²) in [5, 5.41) is 12.0. The Balaban J connectivity index is 1.72. The summed E-state index contributed by atoms with van der Waals surface area (Å²) < 4.78 is 27.3. The van der Waals surface area contributed by atoms with E-state index in [1.807, 2.05) is 6.92 Å². The lowest BCUT2D eigenvalue weighted by atomic mass is 10.2. The molecule has 0 atom stereocenters. The molecule has 2 aromatic carbocycles. The second-order valence-corrected chi connectivity index (χ2v) is 9.21. The molecule has 146 valence electrons. The van der Waals surface area contributed by atoms with Crippen LogP contribution in [0.15, 0.2) is 47.4 Å². The molecule has 0 radical (unpaired) electrons. The minimum atomic E-state index is -3.81. The Hall–Kier alpha value is -2.20. The molecule has 0 saturated heterocycles. The van der Waals surface area contributed by atoms with Crippen LogP contribution in [0.5, 0.6) is 0 Å². The number of benzene rings is 2. The van der Waals surface area contributed by atoms with Crippen molar-refractivity contribution >= 4 is 61.3 Å². The zero-order chi connectivity index (χ0) is 20.3. The van der Waals surface area contributed by atoms with E-state index in [2.05, 4.69) is 20.2 Å². The van der Waals surface area contributed by atoms with Gasteiger partial charge in [-0.25, -0.2) is 8.42 Å². The van der Waals surface area contributed by atoms with Gasteiger partial charge in [-0.2, -0.15) is 0 Å². The van der Waals surface area contributed by atoms with Gasteiger partial charge in [-0.3, -0.25) is 9.52 Å². The first-order chi connectivity index (χ1) is 13.3. The Morgan fingerprint density at radius 2 is 1.71 bits per heavy atom. The molecule has 0 unspecified atom stereocenters. The van der Waals surface area contributed by atoms with Gasteiger partial charge in [0.1, 0.15) is 5.01 Å². The van der Waals surface area contributed by atoms with Gasteiger partial charge >= 0.3 is 0 Å². The van der Waals surface area contributed by atoms with Gasteiger partial charge in [-0.1, -0.05) is 41.5 Å². The van der Waals surface area contributed by atoms with E-state index in [0.29, 0.717) is 27.7 Å². The van der Waals surface area contributed by atoms with Crippen molar-refractivity contribution in [1.29, 1.82) is 0 Å². The number of carbonyl (C=O) groups excluding carboxylic acids is 1. The molecular weight excluding hydrogens is 443 g/mol. The predicted molar refractivity (Wildman–Crippen MR) is 111 cm³/mol. The van der Waals surface area contributed by atoms with Gasteiger partial charge in [-0.15, -0.1) is 10.2 Å². The molecule has 28 heavy (non-hydrogen) atoms. The van der Waals surface area contributed by atoms with Crippen LogP contribution < -0.4 is 10.0 Å². The summed E-state index contributed by atoms with van der Waals surface area (Å²) in [6, 6.07) is 10.2. The number of aromatic nitrogens is 2. The first-order valence-corrected chi connectivity index (χ1v) is 11.0. The van der Waals surface area contributed by atoms with E-state index in [1.165, 1.54) is 53.8 Å². The molecule has 0 saturated carbocycles. The largest absolute Gasteiger partial charge is 0.322 e. The highest BCUT2D eigenvalue weighted by Gasteiger charge is 2.17. The third kappa shape index (κ3) is 4.99. The number of hydrogen-bond acceptors (Lipinski definition) is 6. The minimum absolute atomic E-state index is 0.0320. The van der Waals surface area contributed by atoms with E-state index < -0.39 is 15.9 Å². The number of nitrogens with zero attached hydrogens (tertiary/aromatic N) is 2. The van der Waals surface area contributed by atoms with E-state index in [4.69, 9.17) is 23.2 Å². The van der Waals surface area contributed by atoms with Crippen molar-refractivity contribution in [3.63, 3.8) is 0 Å². The summed E-state index contributed by atoms with van der Waals surface area (Å²) in [5.41, 5.74) is 0.711. The molecule has 2 N–H and O–H groups in total. The smallest absolute Gasteiger partial charge is 0.263 e. The summed E-state index contributed by atoms with van der Waals surface area (Å²) in [6.07, 6.45) is 0.672. The Morgan fingerprint density at radius 1 is 1.07 bits per heavy atom. The summed E-state index contributed by atoms with van der Waals surface area (Å²) in [6.45, 7) is 1.91. The van der Waals surface area contributed by atoms with Gasteiger partial charge in [0.15, 0.2) is 0 Å². The van der Waals surface area contributed by atoms with Crippen molar-refractivity contribution in [1.82, 2.24) is 10.2 Å². The SMILES string of the molecule is CCc1nnc(NS(=O)(=O)c2ccc(NC(=O)c3cc(Cl)cc(Cl)c3)cc2)s1. The van der Waals surface area contributed by atoms with Gasteiger partial charge in [0.2, 0.25) is 5.13 Å². The van der Waals surface area contributed by atoms with Crippen molar-refractivity contribution < 1.29 is 13.2 Å². The van der Waals surface area contributed by atoms with Crippen LogP contribution in [-0.4, -0.2) is 24.5 Å². The molecule has 0 aliphatic carbocycles. The molecule has 3 rings (SSSR count). The lowest BCUT2D eigenvalue weighted by Gasteiger charge is -2.08. The van der Waals surface area contributed by atoms with Crippen molar-refractivity contribution in [3.05, 3.63) is 63.1 Å². The lowest BCUT2D eigenvalue weighted by Crippen LogP contribution is -2.14. The van der Waals surface area contributed by atoms with Crippen LogP contribution >= 0.6 is 34.5 Å². The summed E-state index contributed by atoms with van der Waals surface area (Å²) in [5.74, 6) is -0.418. The highest BCUT2D eigenvalue weighted by atomic mass is 35.5. The van der Waals surface area contributed by atoms with E-state index >= 15 is 0 Å². The highest BCUT2D eigenvalue weighted by Crippen LogP contribution is 2.23. The van der Waals surface area contributed by atoms with Crippen LogP contribution in [0.2, 0.25) is 10.0 Å². The van der Waals surface area contributed by atoms with Gasteiger partial charge < -0.3 is 5.32 Å². The van der Waals surface area contributed by atoms with E-state index in [9.17, 15) is 13.2 Å². The van der Waals surface area contributed by atoms with Gasteiger partial charge in [0.05, 0.1) is 4.90 Å². The molecule has 1 amide bonds. The normalized spacial score (nSPS) is 11.2. The number of aryl methyl sites for hydroxylation is 1. The van der Waals surface area contributed by atoms with Crippen LogP contribution in [0.1, 0.15) is 22.3 Å². The first-order valence-electron chi connectivity index (χ1n) is 7.99. The molecule has 0 fully saturated rings. The summed E-state index contributed by atoms with van der Waals surface area (Å²) in [4.78, 5) is 12.3. The fourth-order valence-corrected chi connectivity index (χ4v) is 4.65. The van der Waals surface area contributed by atoms with Crippen molar-refractivity contribution in [3.8, 4) is 0 Å². The van der Waals surface area contributed by atoms with E-state index in [0.717, 1.165) is 5.01 Å². The van der Waals surface area contributed by atoms with Crippen molar-refractivity contribution in [2.45, 2.75) is 18.2 Å². The molecule has 3 aromatic rings. The monoisotopic (exact) mass is 456 g/mol. The standard InChI is InChI=1S/C17H14Cl2N4O3S2/c1-2-15-21-22-17(27-15)23-28(25,26)14-5-3-13(4-6-14)20-16(24)10-7-11(18)9-12(19)8-10/h3-9H,2H2,1H3,(H,20,24)(H,22,23). The van der Waals surface area contributed by atoms with Crippen LogP contribution in [0, 0.1) is 0 Å². The molecule has 0 bridgehead atoms. The van der Waals surface area contributed by atoms with E-state index in [-0.39, 0.29) is 10.0 Å². The predicted octanol–water partition coefficient (Wildman–Crippen LogP) is 4.46.